The third kappa shape index (κ3) is 1.27. The summed E-state index contributed by atoms with van der Waals surface area (Å²) in [6, 6.07) is 4.07. The number of hydrogen-bond acceptors (Lipinski definition) is 4. The van der Waals surface area contributed by atoms with Gasteiger partial charge < -0.3 is 14.4 Å². The molecule has 0 N–H and O–H groups in total. The minimum atomic E-state index is -2.53. The lowest BCUT2D eigenvalue weighted by atomic mass is 9.52. The zero-order valence-electron chi connectivity index (χ0n) is 15.6. The summed E-state index contributed by atoms with van der Waals surface area (Å²) in [5.41, 5.74) is 1.93. The van der Waals surface area contributed by atoms with Gasteiger partial charge in [-0.25, -0.2) is 0 Å². The van der Waals surface area contributed by atoms with Crippen LogP contribution in [0.25, 0.3) is 0 Å². The number of carbonyl (C=O) groups is 1. The summed E-state index contributed by atoms with van der Waals surface area (Å²) in [6.45, 7) is 0.928. The van der Waals surface area contributed by atoms with Gasteiger partial charge in [0, 0.05) is 23.4 Å². The first-order chi connectivity index (χ1) is 11.8. The molecule has 4 heteroatoms. The van der Waals surface area contributed by atoms with Crippen molar-refractivity contribution in [3.63, 3.8) is 0 Å². The second-order valence-corrected chi connectivity index (χ2v) is 7.18. The van der Waals surface area contributed by atoms with E-state index in [2.05, 4.69) is 11.9 Å². The minimum Gasteiger partial charge on any atom is -0.493 e. The molecule has 2 fully saturated rings. The molecule has 22 heavy (non-hydrogen) atoms. The number of benzene rings is 1. The molecular weight excluding hydrogens is 278 g/mol. The number of nitrogens with zero attached hydrogens (tertiary/aromatic N) is 1. The van der Waals surface area contributed by atoms with E-state index in [1.807, 2.05) is 6.07 Å². The second-order valence-electron chi connectivity index (χ2n) is 7.18. The largest absolute Gasteiger partial charge is 0.493 e. The van der Waals surface area contributed by atoms with Gasteiger partial charge in [0.15, 0.2) is 23.4 Å². The van der Waals surface area contributed by atoms with Gasteiger partial charge in [-0.05, 0) is 50.4 Å². The summed E-state index contributed by atoms with van der Waals surface area (Å²) >= 11 is 0. The van der Waals surface area contributed by atoms with Gasteiger partial charge in [0.1, 0.15) is 0 Å². The molecule has 1 aromatic rings. The normalized spacial score (nSPS) is 41.0. The molecule has 4 nitrogen and oxygen atoms in total. The molecule has 116 valence electrons. The second kappa shape index (κ2) is 4.05. The van der Waals surface area contributed by atoms with E-state index >= 15 is 0 Å². The van der Waals surface area contributed by atoms with Crippen LogP contribution < -0.4 is 9.47 Å². The van der Waals surface area contributed by atoms with E-state index < -0.39 is 13.1 Å². The maximum atomic E-state index is 12.7. The van der Waals surface area contributed by atoms with Crippen molar-refractivity contribution in [2.24, 2.45) is 5.92 Å². The predicted octanol–water partition coefficient (Wildman–Crippen LogP) is 1.93. The van der Waals surface area contributed by atoms with Crippen molar-refractivity contribution in [2.75, 3.05) is 20.6 Å². The first kappa shape index (κ1) is 10.3. The molecule has 0 amide bonds. The summed E-state index contributed by atoms with van der Waals surface area (Å²) in [5.74, 6) is 1.27. The van der Waals surface area contributed by atoms with Crippen molar-refractivity contribution in [2.45, 2.75) is 43.2 Å². The fourth-order valence-corrected chi connectivity index (χ4v) is 5.59. The fourth-order valence-electron chi connectivity index (χ4n) is 5.59. The van der Waals surface area contributed by atoms with Crippen molar-refractivity contribution >= 4 is 5.78 Å². The number of ether oxygens (including phenoxy) is 2. The summed E-state index contributed by atoms with van der Waals surface area (Å²) in [7, 11) is -0.371. The van der Waals surface area contributed by atoms with Crippen LogP contribution in [0.1, 0.15) is 34.5 Å². The lowest BCUT2D eigenvalue weighted by Gasteiger charge is -2.57. The van der Waals surface area contributed by atoms with E-state index in [1.165, 1.54) is 5.56 Å². The van der Waals surface area contributed by atoms with Crippen LogP contribution >= 0.6 is 0 Å². The highest BCUT2D eigenvalue weighted by Crippen LogP contribution is 2.62. The summed E-state index contributed by atoms with van der Waals surface area (Å²) < 4.78 is 33.6. The van der Waals surface area contributed by atoms with Crippen LogP contribution in [-0.2, 0) is 16.6 Å². The molecular formula is C18H21NO3. The number of Topliss-reactive ketones (excluding diaryl/α,β-unsaturated/α-hetero) is 1. The Kier molecular flexibility index (Phi) is 1.89. The number of carbonyl (C=O) groups excluding carboxylic acids is 1. The van der Waals surface area contributed by atoms with Crippen LogP contribution in [0.3, 0.4) is 0 Å². The third-order valence-corrected chi connectivity index (χ3v) is 6.48. The molecule has 4 atom stereocenters. The maximum Gasteiger partial charge on any atom is 0.174 e. The highest BCUT2D eigenvalue weighted by atomic mass is 16.5. The number of methoxy groups -OCH3 is 1. The topological polar surface area (TPSA) is 38.8 Å². The van der Waals surface area contributed by atoms with Gasteiger partial charge in [-0.1, -0.05) is 6.07 Å². The Labute approximate surface area is 134 Å². The molecule has 2 heterocycles. The molecule has 1 spiro atoms. The molecule has 5 rings (SSSR count). The van der Waals surface area contributed by atoms with E-state index in [9.17, 15) is 4.79 Å². The average Bonchev–Trinajstić information content (AvgIpc) is 2.88. The molecule has 2 aliphatic carbocycles. The van der Waals surface area contributed by atoms with Crippen molar-refractivity contribution < 1.29 is 18.4 Å². The first-order valence-electron chi connectivity index (χ1n) is 9.56. The zero-order chi connectivity index (χ0) is 17.6. The Morgan fingerprint density at radius 1 is 1.50 bits per heavy atom. The number of likely N-dealkylation sites (tertiary alicyclic amines) is 1. The van der Waals surface area contributed by atoms with E-state index in [4.69, 9.17) is 13.6 Å². The Hall–Kier alpha value is -1.55. The fraction of sp³-hybridized carbons (Fsp3) is 0.611. The smallest absolute Gasteiger partial charge is 0.174 e. The number of rotatable bonds is 1. The summed E-state index contributed by atoms with van der Waals surface area (Å²) in [5, 5.41) is 0. The highest BCUT2D eigenvalue weighted by molar-refractivity contribution is 5.89. The van der Waals surface area contributed by atoms with Crippen LogP contribution in [0, 0.1) is 5.92 Å². The lowest BCUT2D eigenvalue weighted by Crippen LogP contribution is -2.65. The summed E-state index contributed by atoms with van der Waals surface area (Å²) in [4.78, 5) is 15.1. The van der Waals surface area contributed by atoms with E-state index in [0.717, 1.165) is 31.4 Å². The van der Waals surface area contributed by atoms with Crippen molar-refractivity contribution in [1.82, 2.24) is 4.90 Å². The van der Waals surface area contributed by atoms with Crippen molar-refractivity contribution in [1.29, 1.82) is 0 Å². The Morgan fingerprint density at radius 2 is 2.41 bits per heavy atom. The quantitative estimate of drug-likeness (QED) is 0.794. The molecule has 0 aromatic heterocycles. The molecule has 2 bridgehead atoms. The molecule has 1 aromatic carbocycles. The van der Waals surface area contributed by atoms with Gasteiger partial charge in [-0.3, -0.25) is 4.79 Å². The van der Waals surface area contributed by atoms with Crippen LogP contribution in [-0.4, -0.2) is 43.5 Å². The molecule has 1 saturated carbocycles. The predicted molar refractivity (Wildman–Crippen MR) is 81.6 cm³/mol. The van der Waals surface area contributed by atoms with Gasteiger partial charge in [0.25, 0.3) is 0 Å². The van der Waals surface area contributed by atoms with Crippen LogP contribution in [0.2, 0.25) is 0 Å². The highest BCUT2D eigenvalue weighted by Gasteiger charge is 2.65. The van der Waals surface area contributed by atoms with Gasteiger partial charge >= 0.3 is 0 Å². The number of hydrogen-bond donors (Lipinski definition) is 0. The summed E-state index contributed by atoms with van der Waals surface area (Å²) in [6.07, 6.45) is 2.73. The van der Waals surface area contributed by atoms with Crippen LogP contribution in [0.15, 0.2) is 12.1 Å². The standard InChI is InChI=1S/C18H21NO3/c1-19-8-7-18-11-4-5-13(20)17(18)22-16-14(21-2)6-3-10(15(16)18)9-12(11)19/h3,6,11-12,17H,4-5,7-9H2,1-2H3/t11?,12-,17-,18-/m0/s1/i2D3. The molecule has 1 unspecified atom stereocenters. The minimum absolute atomic E-state index is 0.142. The van der Waals surface area contributed by atoms with E-state index in [-0.39, 0.29) is 16.9 Å². The SMILES string of the molecule is [2H]C([2H])([2H])Oc1ccc2c3c1O[C@H]1C(=O)CCC4[C@H](C2)N(C)CC[C@@]341. The molecule has 1 saturated heterocycles. The third-order valence-electron chi connectivity index (χ3n) is 6.48. The number of piperidine rings is 1. The van der Waals surface area contributed by atoms with E-state index in [1.54, 1.807) is 6.07 Å². The lowest BCUT2D eigenvalue weighted by molar-refractivity contribution is -0.138. The van der Waals surface area contributed by atoms with Crippen LogP contribution in [0.4, 0.5) is 0 Å². The van der Waals surface area contributed by atoms with E-state index in [0.29, 0.717) is 24.1 Å². The van der Waals surface area contributed by atoms with Gasteiger partial charge in [0.2, 0.25) is 0 Å². The average molecular weight is 302 g/mol. The van der Waals surface area contributed by atoms with Crippen molar-refractivity contribution in [3.8, 4) is 11.5 Å². The van der Waals surface area contributed by atoms with Gasteiger partial charge in [-0.15, -0.1) is 0 Å². The molecule has 4 aliphatic rings. The molecule has 0 radical (unpaired) electrons. The van der Waals surface area contributed by atoms with Gasteiger partial charge in [-0.2, -0.15) is 0 Å². The van der Waals surface area contributed by atoms with Crippen molar-refractivity contribution in [3.05, 3.63) is 23.3 Å². The number of ketones is 1. The zero-order valence-corrected chi connectivity index (χ0v) is 12.6. The first-order valence-corrected chi connectivity index (χ1v) is 8.06. The Balaban J connectivity index is 1.73. The monoisotopic (exact) mass is 302 g/mol. The maximum absolute atomic E-state index is 12.7. The van der Waals surface area contributed by atoms with Gasteiger partial charge in [0.05, 0.1) is 11.2 Å². The number of likely N-dealkylation sites (N-methyl/N-ethyl adjacent to an activating group) is 1. The van der Waals surface area contributed by atoms with Crippen LogP contribution in [0.5, 0.6) is 11.5 Å². The Bertz CT molecular complexity index is 778. The Morgan fingerprint density at radius 3 is 3.27 bits per heavy atom. The molecule has 2 aliphatic heterocycles.